The van der Waals surface area contributed by atoms with Crippen LogP contribution in [-0.2, 0) is 14.4 Å². The van der Waals surface area contributed by atoms with Crippen LogP contribution < -0.4 is 10.6 Å². The van der Waals surface area contributed by atoms with E-state index in [0.29, 0.717) is 34.8 Å². The van der Waals surface area contributed by atoms with Crippen LogP contribution in [0.2, 0.25) is 5.02 Å². The molecule has 0 spiro atoms. The molecule has 2 N–H and O–H groups in total. The lowest BCUT2D eigenvalue weighted by atomic mass is 9.71. The van der Waals surface area contributed by atoms with E-state index in [1.54, 1.807) is 24.3 Å². The molecule has 0 bridgehead atoms. The Kier molecular flexibility index (Phi) is 4.22. The van der Waals surface area contributed by atoms with Crippen molar-refractivity contribution in [1.29, 1.82) is 0 Å². The van der Waals surface area contributed by atoms with E-state index in [2.05, 4.69) is 10.6 Å². The average Bonchev–Trinajstić information content (AvgIpc) is 2.46. The van der Waals surface area contributed by atoms with Crippen molar-refractivity contribution in [2.45, 2.75) is 33.1 Å². The van der Waals surface area contributed by atoms with Crippen LogP contribution in [0.1, 0.15) is 33.1 Å². The first-order chi connectivity index (χ1) is 11.2. The van der Waals surface area contributed by atoms with Crippen molar-refractivity contribution in [3.8, 4) is 0 Å². The number of hydrogen-bond donors (Lipinski definition) is 2. The number of halogens is 1. The molecule has 0 fully saturated rings. The van der Waals surface area contributed by atoms with Gasteiger partial charge >= 0.3 is 0 Å². The van der Waals surface area contributed by atoms with Crippen molar-refractivity contribution in [2.75, 3.05) is 5.32 Å². The van der Waals surface area contributed by atoms with Gasteiger partial charge in [0.2, 0.25) is 11.8 Å². The highest BCUT2D eigenvalue weighted by Crippen LogP contribution is 2.40. The van der Waals surface area contributed by atoms with Crippen LogP contribution >= 0.6 is 11.6 Å². The number of anilines is 1. The van der Waals surface area contributed by atoms with Crippen molar-refractivity contribution in [2.24, 2.45) is 11.3 Å². The maximum Gasteiger partial charge on any atom is 0.232 e. The maximum atomic E-state index is 12.6. The van der Waals surface area contributed by atoms with Crippen LogP contribution in [0.3, 0.4) is 0 Å². The van der Waals surface area contributed by atoms with Gasteiger partial charge in [-0.05, 0) is 36.1 Å². The molecule has 1 heterocycles. The molecule has 1 aromatic rings. The van der Waals surface area contributed by atoms with Gasteiger partial charge in [0.05, 0.1) is 5.92 Å². The molecule has 0 aromatic heterocycles. The lowest BCUT2D eigenvalue weighted by molar-refractivity contribution is -0.129. The molecular formula is C18H19ClN2O3. The molecule has 1 aromatic carbocycles. The molecule has 6 heteroatoms. The Morgan fingerprint density at radius 2 is 1.88 bits per heavy atom. The lowest BCUT2D eigenvalue weighted by Crippen LogP contribution is -2.44. The fourth-order valence-electron chi connectivity index (χ4n) is 3.34. The first kappa shape index (κ1) is 16.7. The van der Waals surface area contributed by atoms with Crippen LogP contribution in [0.5, 0.6) is 0 Å². The van der Waals surface area contributed by atoms with E-state index >= 15 is 0 Å². The Bertz CT molecular complexity index is 750. The second-order valence-electron chi connectivity index (χ2n) is 7.13. The molecule has 0 radical (unpaired) electrons. The Morgan fingerprint density at radius 3 is 2.54 bits per heavy atom. The predicted octanol–water partition coefficient (Wildman–Crippen LogP) is 3.06. The van der Waals surface area contributed by atoms with E-state index in [4.69, 9.17) is 11.6 Å². The Labute approximate surface area is 145 Å². The van der Waals surface area contributed by atoms with E-state index in [1.807, 2.05) is 13.8 Å². The highest BCUT2D eigenvalue weighted by molar-refractivity contribution is 6.30. The summed E-state index contributed by atoms with van der Waals surface area (Å²) in [5.74, 6) is -1.37. The van der Waals surface area contributed by atoms with Crippen molar-refractivity contribution >= 4 is 34.9 Å². The third-order valence-electron chi connectivity index (χ3n) is 4.38. The summed E-state index contributed by atoms with van der Waals surface area (Å²) in [5, 5.41) is 6.12. The molecule has 2 aliphatic rings. The molecule has 126 valence electrons. The largest absolute Gasteiger partial charge is 0.329 e. The molecule has 5 nitrogen and oxygen atoms in total. The summed E-state index contributed by atoms with van der Waals surface area (Å²) in [6.07, 6.45) is 0.960. The fraction of sp³-hybridized carbons (Fsp3) is 0.389. The minimum atomic E-state index is -0.743. The van der Waals surface area contributed by atoms with E-state index in [0.717, 1.165) is 0 Å². The molecule has 2 amide bonds. The molecule has 0 saturated heterocycles. The van der Waals surface area contributed by atoms with Crippen LogP contribution in [-0.4, -0.2) is 17.6 Å². The normalized spacial score (nSPS) is 22.7. The van der Waals surface area contributed by atoms with E-state index in [9.17, 15) is 14.4 Å². The highest BCUT2D eigenvalue weighted by Gasteiger charge is 2.42. The summed E-state index contributed by atoms with van der Waals surface area (Å²) >= 11 is 5.84. The summed E-state index contributed by atoms with van der Waals surface area (Å²) in [4.78, 5) is 37.2. The van der Waals surface area contributed by atoms with Gasteiger partial charge in [-0.15, -0.1) is 0 Å². The zero-order valence-electron chi connectivity index (χ0n) is 13.6. The van der Waals surface area contributed by atoms with Gasteiger partial charge in [-0.3, -0.25) is 14.4 Å². The van der Waals surface area contributed by atoms with Crippen molar-refractivity contribution in [1.82, 2.24) is 5.32 Å². The first-order valence-electron chi connectivity index (χ1n) is 7.88. The summed E-state index contributed by atoms with van der Waals surface area (Å²) in [6.45, 7) is 3.97. The van der Waals surface area contributed by atoms with Gasteiger partial charge in [-0.1, -0.05) is 25.4 Å². The standard InChI is InChI=1S/C18H19ClN2O3/c1-18(2)8-13-16(14(22)9-18)12(7-15(23)21-13)17(24)20-11-5-3-10(19)4-6-11/h3-6,12H,7-9H2,1-2H3,(H,20,24)(H,21,23). The number of ketones is 1. The number of Topliss-reactive ketones (excluding diaryl/α,β-unsaturated/α-hetero) is 1. The maximum absolute atomic E-state index is 12.6. The van der Waals surface area contributed by atoms with Crippen LogP contribution in [0.25, 0.3) is 0 Å². The van der Waals surface area contributed by atoms with Crippen LogP contribution in [0.4, 0.5) is 5.69 Å². The van der Waals surface area contributed by atoms with Gasteiger partial charge in [0.1, 0.15) is 0 Å². The number of nitrogens with one attached hydrogen (secondary N) is 2. The first-order valence-corrected chi connectivity index (χ1v) is 8.25. The summed E-state index contributed by atoms with van der Waals surface area (Å²) in [5.41, 5.74) is 1.43. The van der Waals surface area contributed by atoms with Crippen molar-refractivity contribution < 1.29 is 14.4 Å². The van der Waals surface area contributed by atoms with Crippen LogP contribution in [0.15, 0.2) is 35.5 Å². The van der Waals surface area contributed by atoms with Gasteiger partial charge in [0.15, 0.2) is 5.78 Å². The lowest BCUT2D eigenvalue weighted by Gasteiger charge is -2.37. The summed E-state index contributed by atoms with van der Waals surface area (Å²) < 4.78 is 0. The third kappa shape index (κ3) is 3.36. The predicted molar refractivity (Wildman–Crippen MR) is 91.4 cm³/mol. The zero-order valence-corrected chi connectivity index (χ0v) is 14.4. The number of hydrogen-bond acceptors (Lipinski definition) is 3. The van der Waals surface area contributed by atoms with Crippen LogP contribution in [0, 0.1) is 11.3 Å². The van der Waals surface area contributed by atoms with Gasteiger partial charge < -0.3 is 10.6 Å². The second kappa shape index (κ2) is 6.06. The summed E-state index contributed by atoms with van der Waals surface area (Å²) in [7, 11) is 0. The van der Waals surface area contributed by atoms with Gasteiger partial charge in [0, 0.05) is 34.8 Å². The Balaban J connectivity index is 1.88. The number of carbonyl (C=O) groups is 3. The smallest absolute Gasteiger partial charge is 0.232 e. The molecule has 1 aliphatic carbocycles. The Morgan fingerprint density at radius 1 is 1.21 bits per heavy atom. The molecular weight excluding hydrogens is 328 g/mol. The Hall–Kier alpha value is -2.14. The van der Waals surface area contributed by atoms with E-state index in [1.165, 1.54) is 0 Å². The number of rotatable bonds is 2. The fourth-order valence-corrected chi connectivity index (χ4v) is 3.47. The minimum absolute atomic E-state index is 0.00950. The number of carbonyl (C=O) groups excluding carboxylic acids is 3. The quantitative estimate of drug-likeness (QED) is 0.864. The van der Waals surface area contributed by atoms with Gasteiger partial charge in [-0.2, -0.15) is 0 Å². The monoisotopic (exact) mass is 346 g/mol. The highest BCUT2D eigenvalue weighted by atomic mass is 35.5. The number of allylic oxidation sites excluding steroid dienone is 1. The van der Waals surface area contributed by atoms with E-state index in [-0.39, 0.29) is 29.4 Å². The minimum Gasteiger partial charge on any atom is -0.329 e. The molecule has 3 rings (SSSR count). The molecule has 1 aliphatic heterocycles. The van der Waals surface area contributed by atoms with Gasteiger partial charge in [-0.25, -0.2) is 0 Å². The van der Waals surface area contributed by atoms with Crippen molar-refractivity contribution in [3.05, 3.63) is 40.6 Å². The third-order valence-corrected chi connectivity index (χ3v) is 4.63. The van der Waals surface area contributed by atoms with Gasteiger partial charge in [0.25, 0.3) is 0 Å². The molecule has 24 heavy (non-hydrogen) atoms. The molecule has 1 unspecified atom stereocenters. The summed E-state index contributed by atoms with van der Waals surface area (Å²) in [6, 6.07) is 6.71. The topological polar surface area (TPSA) is 75.3 Å². The van der Waals surface area contributed by atoms with Crippen molar-refractivity contribution in [3.63, 3.8) is 0 Å². The molecule has 1 atom stereocenters. The number of benzene rings is 1. The number of amides is 2. The second-order valence-corrected chi connectivity index (χ2v) is 7.57. The zero-order chi connectivity index (χ0) is 17.5. The van der Waals surface area contributed by atoms with E-state index < -0.39 is 5.92 Å². The SMILES string of the molecule is CC1(C)CC(=O)C2=C(C1)NC(=O)CC2C(=O)Nc1ccc(Cl)cc1. The average molecular weight is 347 g/mol. The molecule has 0 saturated carbocycles.